The van der Waals surface area contributed by atoms with Crippen LogP contribution in [0.2, 0.25) is 0 Å². The predicted molar refractivity (Wildman–Crippen MR) is 105 cm³/mol. The Morgan fingerprint density at radius 3 is 2.86 bits per heavy atom. The lowest BCUT2D eigenvalue weighted by Gasteiger charge is -2.57. The van der Waals surface area contributed by atoms with Crippen LogP contribution in [0.3, 0.4) is 0 Å². The molecule has 1 fully saturated rings. The number of carbonyl (C=O) groups is 1. The summed E-state index contributed by atoms with van der Waals surface area (Å²) in [6.07, 6.45) is 4.36. The number of esters is 1. The first-order valence-corrected chi connectivity index (χ1v) is 10.3. The van der Waals surface area contributed by atoms with Crippen molar-refractivity contribution < 1.29 is 19.4 Å². The van der Waals surface area contributed by atoms with Crippen LogP contribution in [-0.2, 0) is 21.7 Å². The molecule has 0 radical (unpaired) electrons. The number of hydrogen-bond donors (Lipinski definition) is 1. The van der Waals surface area contributed by atoms with Crippen LogP contribution in [-0.4, -0.2) is 47.9 Å². The predicted octanol–water partition coefficient (Wildman–Crippen LogP) is 2.96. The molecule has 150 valence electrons. The summed E-state index contributed by atoms with van der Waals surface area (Å²) in [4.78, 5) is 15.5. The van der Waals surface area contributed by atoms with Crippen LogP contribution in [0.4, 0.5) is 0 Å². The Hall–Kier alpha value is -2.05. The number of piperidine rings is 1. The van der Waals surface area contributed by atoms with Gasteiger partial charge in [-0.1, -0.05) is 6.92 Å². The average Bonchev–Trinajstić information content (AvgIpc) is 3.07. The maximum absolute atomic E-state index is 12.9. The number of aliphatic hydroxyl groups is 1. The first-order valence-electron chi connectivity index (χ1n) is 10.3. The first-order chi connectivity index (χ1) is 13.5. The molecule has 0 spiro atoms. The normalized spacial score (nSPS) is 31.5. The van der Waals surface area contributed by atoms with E-state index in [1.165, 1.54) is 12.7 Å². The molecule has 0 saturated carbocycles. The van der Waals surface area contributed by atoms with Gasteiger partial charge in [-0.15, -0.1) is 0 Å². The van der Waals surface area contributed by atoms with Gasteiger partial charge < -0.3 is 19.1 Å². The molecule has 6 heteroatoms. The molecule has 0 amide bonds. The summed E-state index contributed by atoms with van der Waals surface area (Å²) in [5.74, 6) is 0.220. The number of aromatic nitrogens is 1. The summed E-state index contributed by atoms with van der Waals surface area (Å²) in [7, 11) is 3.03. The van der Waals surface area contributed by atoms with Gasteiger partial charge in [-0.2, -0.15) is 0 Å². The maximum atomic E-state index is 12.9. The molecular weight excluding hydrogens is 356 g/mol. The minimum absolute atomic E-state index is 0.120. The van der Waals surface area contributed by atoms with E-state index in [0.29, 0.717) is 6.42 Å². The SMILES string of the molecule is CCC12CCCN3CCc4c(n(c5ccc(OC)cc45)C(O)(C(=O)OC)C1)C32. The number of nitrogens with zero attached hydrogens (tertiary/aromatic N) is 2. The molecule has 3 aliphatic heterocycles. The number of hydrogen-bond acceptors (Lipinski definition) is 5. The van der Waals surface area contributed by atoms with Crippen molar-refractivity contribution >= 4 is 16.9 Å². The summed E-state index contributed by atoms with van der Waals surface area (Å²) >= 11 is 0. The molecule has 1 aromatic carbocycles. The van der Waals surface area contributed by atoms with E-state index in [-0.39, 0.29) is 11.5 Å². The molecule has 0 bridgehead atoms. The van der Waals surface area contributed by atoms with Gasteiger partial charge in [-0.3, -0.25) is 4.90 Å². The third-order valence-corrected chi connectivity index (χ3v) is 7.48. The highest BCUT2D eigenvalue weighted by molar-refractivity contribution is 5.91. The lowest BCUT2D eigenvalue weighted by atomic mass is 9.62. The zero-order valence-electron chi connectivity index (χ0n) is 16.8. The molecule has 0 aliphatic carbocycles. The Labute approximate surface area is 165 Å². The van der Waals surface area contributed by atoms with E-state index in [2.05, 4.69) is 11.8 Å². The summed E-state index contributed by atoms with van der Waals surface area (Å²) in [5.41, 5.74) is 1.44. The third kappa shape index (κ3) is 2.08. The number of fused-ring (bicyclic) bond motifs is 3. The van der Waals surface area contributed by atoms with Crippen LogP contribution in [0.15, 0.2) is 18.2 Å². The molecule has 5 rings (SSSR count). The molecule has 3 atom stereocenters. The highest BCUT2D eigenvalue weighted by atomic mass is 16.5. The smallest absolute Gasteiger partial charge is 0.359 e. The quantitative estimate of drug-likeness (QED) is 0.825. The second kappa shape index (κ2) is 5.97. The molecule has 4 heterocycles. The standard InChI is InChI=1S/C22H28N2O4/c1-4-21-9-5-10-23-11-8-15-16-12-14(27-2)6-7-17(16)24(18(15)19(21)23)22(26,13-21)20(25)28-3/h6-7,12,19,26H,4-5,8-11,13H2,1-3H3. The van der Waals surface area contributed by atoms with Gasteiger partial charge in [0, 0.05) is 24.0 Å². The van der Waals surface area contributed by atoms with Gasteiger partial charge in [0.1, 0.15) is 5.75 Å². The zero-order valence-corrected chi connectivity index (χ0v) is 16.8. The van der Waals surface area contributed by atoms with Crippen molar-refractivity contribution in [1.29, 1.82) is 0 Å². The van der Waals surface area contributed by atoms with Crippen LogP contribution < -0.4 is 4.74 Å². The Bertz CT molecular complexity index is 967. The fourth-order valence-electron chi connectivity index (χ4n) is 6.25. The highest BCUT2D eigenvalue weighted by Gasteiger charge is 2.60. The van der Waals surface area contributed by atoms with E-state index in [1.54, 1.807) is 7.11 Å². The molecule has 1 N–H and O–H groups in total. The molecular formula is C22H28N2O4. The number of carbonyl (C=O) groups excluding carboxylic acids is 1. The number of ether oxygens (including phenoxy) is 2. The van der Waals surface area contributed by atoms with Crippen molar-refractivity contribution in [2.45, 2.75) is 50.8 Å². The average molecular weight is 384 g/mol. The van der Waals surface area contributed by atoms with Crippen molar-refractivity contribution in [1.82, 2.24) is 9.47 Å². The Morgan fingerprint density at radius 1 is 1.32 bits per heavy atom. The van der Waals surface area contributed by atoms with E-state index >= 15 is 0 Å². The largest absolute Gasteiger partial charge is 0.497 e. The second-order valence-corrected chi connectivity index (χ2v) is 8.58. The van der Waals surface area contributed by atoms with Crippen molar-refractivity contribution in [3.63, 3.8) is 0 Å². The molecule has 2 aromatic rings. The van der Waals surface area contributed by atoms with Crippen LogP contribution in [0.1, 0.15) is 49.9 Å². The molecule has 6 nitrogen and oxygen atoms in total. The van der Waals surface area contributed by atoms with Crippen molar-refractivity contribution in [2.75, 3.05) is 27.3 Å². The lowest BCUT2D eigenvalue weighted by Crippen LogP contribution is -2.60. The van der Waals surface area contributed by atoms with Crippen molar-refractivity contribution in [3.05, 3.63) is 29.5 Å². The van der Waals surface area contributed by atoms with Crippen LogP contribution >= 0.6 is 0 Å². The summed E-state index contributed by atoms with van der Waals surface area (Å²) < 4.78 is 12.5. The minimum Gasteiger partial charge on any atom is -0.497 e. The highest BCUT2D eigenvalue weighted by Crippen LogP contribution is 2.60. The lowest BCUT2D eigenvalue weighted by molar-refractivity contribution is -0.194. The fourth-order valence-corrected chi connectivity index (χ4v) is 6.25. The number of benzene rings is 1. The molecule has 1 aromatic heterocycles. The first kappa shape index (κ1) is 18.0. The number of methoxy groups -OCH3 is 2. The van der Waals surface area contributed by atoms with Gasteiger partial charge in [-0.25, -0.2) is 4.79 Å². The van der Waals surface area contributed by atoms with Gasteiger partial charge in [0.25, 0.3) is 0 Å². The monoisotopic (exact) mass is 384 g/mol. The molecule has 3 unspecified atom stereocenters. The van der Waals surface area contributed by atoms with E-state index in [9.17, 15) is 9.90 Å². The van der Waals surface area contributed by atoms with E-state index in [1.807, 2.05) is 22.8 Å². The molecule has 1 saturated heterocycles. The van der Waals surface area contributed by atoms with E-state index < -0.39 is 11.7 Å². The Morgan fingerprint density at radius 2 is 2.14 bits per heavy atom. The van der Waals surface area contributed by atoms with Gasteiger partial charge in [0.15, 0.2) is 0 Å². The van der Waals surface area contributed by atoms with Crippen molar-refractivity contribution in [2.24, 2.45) is 5.41 Å². The summed E-state index contributed by atoms with van der Waals surface area (Å²) in [6, 6.07) is 6.14. The summed E-state index contributed by atoms with van der Waals surface area (Å²) in [5, 5.41) is 12.9. The molecule has 28 heavy (non-hydrogen) atoms. The van der Waals surface area contributed by atoms with Gasteiger partial charge in [-0.05, 0) is 61.4 Å². The van der Waals surface area contributed by atoms with Crippen LogP contribution in [0.5, 0.6) is 5.75 Å². The van der Waals surface area contributed by atoms with E-state index in [4.69, 9.17) is 9.47 Å². The Balaban J connectivity index is 1.88. The van der Waals surface area contributed by atoms with Gasteiger partial charge >= 0.3 is 5.97 Å². The fraction of sp³-hybridized carbons (Fsp3) is 0.591. The Kier molecular flexibility index (Phi) is 3.84. The van der Waals surface area contributed by atoms with Crippen LogP contribution in [0, 0.1) is 5.41 Å². The summed E-state index contributed by atoms with van der Waals surface area (Å²) in [6.45, 7) is 4.29. The second-order valence-electron chi connectivity index (χ2n) is 8.58. The maximum Gasteiger partial charge on any atom is 0.359 e. The van der Waals surface area contributed by atoms with Crippen molar-refractivity contribution in [3.8, 4) is 5.75 Å². The third-order valence-electron chi connectivity index (χ3n) is 7.48. The number of rotatable bonds is 3. The van der Waals surface area contributed by atoms with Gasteiger partial charge in [0.05, 0.1) is 25.8 Å². The molecule has 3 aliphatic rings. The zero-order chi connectivity index (χ0) is 19.7. The van der Waals surface area contributed by atoms with Gasteiger partial charge in [0.2, 0.25) is 5.72 Å². The van der Waals surface area contributed by atoms with Crippen LogP contribution in [0.25, 0.3) is 10.9 Å². The topological polar surface area (TPSA) is 63.9 Å². The minimum atomic E-state index is -1.68. The van der Waals surface area contributed by atoms with E-state index in [0.717, 1.165) is 61.1 Å².